The molecule has 1 heterocycles. The lowest BCUT2D eigenvalue weighted by Gasteiger charge is -2.02. The van der Waals surface area contributed by atoms with Crippen LogP contribution in [0.5, 0.6) is 0 Å². The second-order valence-corrected chi connectivity index (χ2v) is 3.60. The van der Waals surface area contributed by atoms with E-state index in [-0.39, 0.29) is 6.01 Å². The molecule has 0 bridgehead atoms. The number of rotatable bonds is 3. The quantitative estimate of drug-likeness (QED) is 0.831. The summed E-state index contributed by atoms with van der Waals surface area (Å²) >= 11 is 0. The first-order valence-corrected chi connectivity index (χ1v) is 5.00. The first-order valence-electron chi connectivity index (χ1n) is 5.00. The fourth-order valence-corrected chi connectivity index (χ4v) is 1.59. The molecule has 0 fully saturated rings. The van der Waals surface area contributed by atoms with Crippen molar-refractivity contribution in [1.29, 1.82) is 0 Å². The van der Waals surface area contributed by atoms with Crippen LogP contribution >= 0.6 is 0 Å². The zero-order valence-corrected chi connectivity index (χ0v) is 8.73. The van der Waals surface area contributed by atoms with Gasteiger partial charge >= 0.3 is 0 Å². The van der Waals surface area contributed by atoms with E-state index in [1.165, 1.54) is 11.1 Å². The molecule has 2 N–H and O–H groups in total. The maximum Gasteiger partial charge on any atom is 0.292 e. The molecule has 0 saturated heterocycles. The van der Waals surface area contributed by atoms with Gasteiger partial charge in [0, 0.05) is 0 Å². The molecule has 0 aliphatic carbocycles. The third-order valence-electron chi connectivity index (χ3n) is 2.48. The number of aromatic nitrogens is 1. The Bertz CT molecular complexity index is 448. The highest BCUT2D eigenvalue weighted by Gasteiger charge is 2.02. The Hall–Kier alpha value is -1.77. The Morgan fingerprint density at radius 1 is 1.27 bits per heavy atom. The molecule has 0 unspecified atom stereocenters. The normalized spacial score (nSPS) is 10.5. The molecule has 0 spiro atoms. The lowest BCUT2D eigenvalue weighted by molar-refractivity contribution is 0.578. The van der Waals surface area contributed by atoms with Gasteiger partial charge in [-0.25, -0.2) is 0 Å². The van der Waals surface area contributed by atoms with E-state index in [0.717, 1.165) is 18.5 Å². The van der Waals surface area contributed by atoms with Crippen molar-refractivity contribution < 1.29 is 4.42 Å². The van der Waals surface area contributed by atoms with Crippen LogP contribution in [0.1, 0.15) is 16.8 Å². The fourth-order valence-electron chi connectivity index (χ4n) is 1.59. The molecule has 0 saturated carbocycles. The Morgan fingerprint density at radius 2 is 2.07 bits per heavy atom. The van der Waals surface area contributed by atoms with Gasteiger partial charge in [0.2, 0.25) is 0 Å². The van der Waals surface area contributed by atoms with Crippen LogP contribution in [0.15, 0.2) is 34.9 Å². The SMILES string of the molecule is Cc1ccccc1CCc1coc(N)n1. The number of nitrogens with two attached hydrogens (primary N) is 1. The average molecular weight is 202 g/mol. The molecule has 3 nitrogen and oxygen atoms in total. The van der Waals surface area contributed by atoms with Gasteiger partial charge in [-0.3, -0.25) is 0 Å². The van der Waals surface area contributed by atoms with E-state index in [2.05, 4.69) is 30.1 Å². The smallest absolute Gasteiger partial charge is 0.292 e. The van der Waals surface area contributed by atoms with Crippen molar-refractivity contribution in [2.24, 2.45) is 0 Å². The molecule has 0 radical (unpaired) electrons. The zero-order chi connectivity index (χ0) is 10.7. The number of anilines is 1. The van der Waals surface area contributed by atoms with Gasteiger partial charge in [0.05, 0.1) is 5.69 Å². The second-order valence-electron chi connectivity index (χ2n) is 3.60. The largest absolute Gasteiger partial charge is 0.432 e. The van der Waals surface area contributed by atoms with Crippen LogP contribution in [0, 0.1) is 6.92 Å². The fraction of sp³-hybridized carbons (Fsp3) is 0.250. The molecule has 0 aliphatic heterocycles. The summed E-state index contributed by atoms with van der Waals surface area (Å²) in [6.07, 6.45) is 3.46. The minimum Gasteiger partial charge on any atom is -0.432 e. The van der Waals surface area contributed by atoms with Crippen LogP contribution in [0.4, 0.5) is 6.01 Å². The third-order valence-corrected chi connectivity index (χ3v) is 2.48. The molecule has 0 atom stereocenters. The summed E-state index contributed by atoms with van der Waals surface area (Å²) in [5, 5.41) is 0. The van der Waals surface area contributed by atoms with E-state index in [0.29, 0.717) is 0 Å². The van der Waals surface area contributed by atoms with Gasteiger partial charge < -0.3 is 10.2 Å². The van der Waals surface area contributed by atoms with E-state index in [1.54, 1.807) is 6.26 Å². The lowest BCUT2D eigenvalue weighted by Crippen LogP contribution is -1.94. The summed E-state index contributed by atoms with van der Waals surface area (Å²) in [5.41, 5.74) is 8.97. The van der Waals surface area contributed by atoms with Crippen LogP contribution < -0.4 is 5.73 Å². The maximum absolute atomic E-state index is 5.40. The predicted octanol–water partition coefficient (Wildman–Crippen LogP) is 2.35. The highest BCUT2D eigenvalue weighted by molar-refractivity contribution is 5.26. The van der Waals surface area contributed by atoms with E-state index in [1.807, 2.05) is 6.07 Å². The molecule has 78 valence electrons. The highest BCUT2D eigenvalue weighted by atomic mass is 16.4. The molecule has 15 heavy (non-hydrogen) atoms. The van der Waals surface area contributed by atoms with Gasteiger partial charge in [-0.2, -0.15) is 4.98 Å². The van der Waals surface area contributed by atoms with Crippen molar-refractivity contribution >= 4 is 6.01 Å². The third kappa shape index (κ3) is 2.37. The molecule has 3 heteroatoms. The number of nitrogen functional groups attached to an aromatic ring is 1. The van der Waals surface area contributed by atoms with Crippen molar-refractivity contribution in [3.63, 3.8) is 0 Å². The minimum absolute atomic E-state index is 0.245. The van der Waals surface area contributed by atoms with Crippen LogP contribution in [0.3, 0.4) is 0 Å². The van der Waals surface area contributed by atoms with Crippen LogP contribution in [0.25, 0.3) is 0 Å². The number of aryl methyl sites for hydroxylation is 3. The molecule has 0 aliphatic rings. The van der Waals surface area contributed by atoms with E-state index in [4.69, 9.17) is 10.2 Å². The number of nitrogens with zero attached hydrogens (tertiary/aromatic N) is 1. The molecule has 2 aromatic rings. The summed E-state index contributed by atoms with van der Waals surface area (Å²) in [4.78, 5) is 4.07. The molecule has 1 aromatic heterocycles. The first-order chi connectivity index (χ1) is 7.25. The number of hydrogen-bond acceptors (Lipinski definition) is 3. The minimum atomic E-state index is 0.245. The average Bonchev–Trinajstić information content (AvgIpc) is 2.63. The van der Waals surface area contributed by atoms with Crippen LogP contribution in [-0.2, 0) is 12.8 Å². The summed E-state index contributed by atoms with van der Waals surface area (Å²) in [6, 6.07) is 8.60. The molecule has 0 amide bonds. The monoisotopic (exact) mass is 202 g/mol. The summed E-state index contributed by atoms with van der Waals surface area (Å²) in [7, 11) is 0. The standard InChI is InChI=1S/C12H14N2O/c1-9-4-2-3-5-10(9)6-7-11-8-15-12(13)14-11/h2-5,8H,6-7H2,1H3,(H2,13,14). The van der Waals surface area contributed by atoms with Crippen molar-refractivity contribution in [2.75, 3.05) is 5.73 Å². The van der Waals surface area contributed by atoms with Gasteiger partial charge in [0.15, 0.2) is 0 Å². The molecular formula is C12H14N2O. The molecule has 1 aromatic carbocycles. The van der Waals surface area contributed by atoms with Crippen molar-refractivity contribution in [2.45, 2.75) is 19.8 Å². The van der Waals surface area contributed by atoms with Crippen LogP contribution in [0.2, 0.25) is 0 Å². The van der Waals surface area contributed by atoms with Gasteiger partial charge in [-0.05, 0) is 30.9 Å². The number of hydrogen-bond donors (Lipinski definition) is 1. The maximum atomic E-state index is 5.40. The van der Waals surface area contributed by atoms with Gasteiger partial charge in [-0.1, -0.05) is 24.3 Å². The Morgan fingerprint density at radius 3 is 2.73 bits per heavy atom. The molecular weight excluding hydrogens is 188 g/mol. The Balaban J connectivity index is 2.02. The first kappa shape index (κ1) is 9.77. The summed E-state index contributed by atoms with van der Waals surface area (Å²) < 4.78 is 4.95. The summed E-state index contributed by atoms with van der Waals surface area (Å²) in [5.74, 6) is 0. The van der Waals surface area contributed by atoms with E-state index < -0.39 is 0 Å². The van der Waals surface area contributed by atoms with Crippen molar-refractivity contribution in [3.8, 4) is 0 Å². The number of oxazole rings is 1. The van der Waals surface area contributed by atoms with Gasteiger partial charge in [0.25, 0.3) is 6.01 Å². The van der Waals surface area contributed by atoms with Gasteiger partial charge in [-0.15, -0.1) is 0 Å². The van der Waals surface area contributed by atoms with E-state index in [9.17, 15) is 0 Å². The number of benzene rings is 1. The molecule has 2 rings (SSSR count). The predicted molar refractivity (Wildman–Crippen MR) is 59.5 cm³/mol. The van der Waals surface area contributed by atoms with Crippen molar-refractivity contribution in [1.82, 2.24) is 4.98 Å². The van der Waals surface area contributed by atoms with Crippen molar-refractivity contribution in [3.05, 3.63) is 47.3 Å². The van der Waals surface area contributed by atoms with Crippen LogP contribution in [-0.4, -0.2) is 4.98 Å². The van der Waals surface area contributed by atoms with E-state index >= 15 is 0 Å². The topological polar surface area (TPSA) is 52.0 Å². The van der Waals surface area contributed by atoms with Gasteiger partial charge in [0.1, 0.15) is 6.26 Å². The second kappa shape index (κ2) is 4.17. The summed E-state index contributed by atoms with van der Waals surface area (Å²) in [6.45, 7) is 2.12. The zero-order valence-electron chi connectivity index (χ0n) is 8.73. The highest BCUT2D eigenvalue weighted by Crippen LogP contribution is 2.11. The lowest BCUT2D eigenvalue weighted by atomic mass is 10.0. The Kier molecular flexibility index (Phi) is 2.72. The Labute approximate surface area is 88.9 Å².